The number of nitriles is 1. The largest absolute Gasteiger partial charge is 0.494 e. The van der Waals surface area contributed by atoms with Crippen LogP contribution < -0.4 is 4.74 Å². The SMILES string of the molecule is CCC1CN(CCCOc2cccc(C#N)c2)CCO1. The summed E-state index contributed by atoms with van der Waals surface area (Å²) in [4.78, 5) is 2.44. The minimum absolute atomic E-state index is 0.386. The van der Waals surface area contributed by atoms with E-state index in [9.17, 15) is 0 Å². The second kappa shape index (κ2) is 7.88. The van der Waals surface area contributed by atoms with Gasteiger partial charge in [-0.1, -0.05) is 13.0 Å². The molecule has 1 aromatic rings. The normalized spacial score (nSPS) is 19.5. The van der Waals surface area contributed by atoms with Crippen molar-refractivity contribution in [1.82, 2.24) is 4.90 Å². The van der Waals surface area contributed by atoms with Crippen molar-refractivity contribution >= 4 is 0 Å². The molecule has 1 fully saturated rings. The van der Waals surface area contributed by atoms with Gasteiger partial charge in [0.2, 0.25) is 0 Å². The molecule has 0 aromatic heterocycles. The van der Waals surface area contributed by atoms with Gasteiger partial charge in [0.1, 0.15) is 5.75 Å². The van der Waals surface area contributed by atoms with Crippen LogP contribution in [-0.4, -0.2) is 43.9 Å². The maximum absolute atomic E-state index is 8.83. The van der Waals surface area contributed by atoms with E-state index in [1.54, 1.807) is 12.1 Å². The molecule has 4 nitrogen and oxygen atoms in total. The number of morpholine rings is 1. The fraction of sp³-hybridized carbons (Fsp3) is 0.562. The van der Waals surface area contributed by atoms with Crippen LogP contribution in [0.25, 0.3) is 0 Å². The van der Waals surface area contributed by atoms with Crippen LogP contribution >= 0.6 is 0 Å². The quantitative estimate of drug-likeness (QED) is 0.747. The highest BCUT2D eigenvalue weighted by molar-refractivity contribution is 5.36. The molecule has 0 aliphatic carbocycles. The third-order valence-corrected chi connectivity index (χ3v) is 3.53. The lowest BCUT2D eigenvalue weighted by atomic mass is 10.2. The first kappa shape index (κ1) is 14.8. The number of hydrogen-bond acceptors (Lipinski definition) is 4. The van der Waals surface area contributed by atoms with Gasteiger partial charge in [0.05, 0.1) is 31.0 Å². The molecular formula is C16H22N2O2. The first-order chi connectivity index (χ1) is 9.81. The van der Waals surface area contributed by atoms with Crippen molar-refractivity contribution < 1.29 is 9.47 Å². The van der Waals surface area contributed by atoms with Gasteiger partial charge >= 0.3 is 0 Å². The Morgan fingerprint density at radius 3 is 3.20 bits per heavy atom. The maximum atomic E-state index is 8.83. The van der Waals surface area contributed by atoms with Gasteiger partial charge in [-0.3, -0.25) is 4.90 Å². The molecule has 2 rings (SSSR count). The Kier molecular flexibility index (Phi) is 5.85. The van der Waals surface area contributed by atoms with Gasteiger partial charge in [-0.05, 0) is 31.0 Å². The molecule has 1 unspecified atom stereocenters. The van der Waals surface area contributed by atoms with Crippen molar-refractivity contribution in [3.8, 4) is 11.8 Å². The number of nitrogens with zero attached hydrogens (tertiary/aromatic N) is 2. The lowest BCUT2D eigenvalue weighted by molar-refractivity contribution is -0.0306. The van der Waals surface area contributed by atoms with Gasteiger partial charge in [0.15, 0.2) is 0 Å². The Morgan fingerprint density at radius 2 is 2.40 bits per heavy atom. The van der Waals surface area contributed by atoms with Crippen LogP contribution in [0.4, 0.5) is 0 Å². The van der Waals surface area contributed by atoms with Gasteiger partial charge < -0.3 is 9.47 Å². The smallest absolute Gasteiger partial charge is 0.120 e. The van der Waals surface area contributed by atoms with Crippen LogP contribution in [0, 0.1) is 11.3 Å². The lowest BCUT2D eigenvalue weighted by Gasteiger charge is -2.32. The van der Waals surface area contributed by atoms with E-state index in [1.165, 1.54) is 0 Å². The summed E-state index contributed by atoms with van der Waals surface area (Å²) >= 11 is 0. The topological polar surface area (TPSA) is 45.5 Å². The van der Waals surface area contributed by atoms with Crippen LogP contribution in [0.15, 0.2) is 24.3 Å². The number of ether oxygens (including phenoxy) is 2. The number of rotatable bonds is 6. The van der Waals surface area contributed by atoms with E-state index >= 15 is 0 Å². The summed E-state index contributed by atoms with van der Waals surface area (Å²) in [5.74, 6) is 0.775. The van der Waals surface area contributed by atoms with Gasteiger partial charge in [0.25, 0.3) is 0 Å². The maximum Gasteiger partial charge on any atom is 0.120 e. The molecule has 1 aliphatic rings. The van der Waals surface area contributed by atoms with Crippen LogP contribution in [0.2, 0.25) is 0 Å². The van der Waals surface area contributed by atoms with Crippen molar-refractivity contribution in [3.05, 3.63) is 29.8 Å². The van der Waals surface area contributed by atoms with E-state index in [1.807, 2.05) is 12.1 Å². The summed E-state index contributed by atoms with van der Waals surface area (Å²) in [6.45, 7) is 6.77. The Labute approximate surface area is 120 Å². The molecule has 0 amide bonds. The Morgan fingerprint density at radius 1 is 1.50 bits per heavy atom. The fourth-order valence-corrected chi connectivity index (χ4v) is 2.36. The molecule has 1 atom stereocenters. The molecule has 0 saturated carbocycles. The van der Waals surface area contributed by atoms with E-state index in [0.29, 0.717) is 18.3 Å². The van der Waals surface area contributed by atoms with Gasteiger partial charge in [-0.2, -0.15) is 5.26 Å². The monoisotopic (exact) mass is 274 g/mol. The summed E-state index contributed by atoms with van der Waals surface area (Å²) in [5.41, 5.74) is 0.640. The first-order valence-electron chi connectivity index (χ1n) is 7.28. The predicted octanol–water partition coefficient (Wildman–Crippen LogP) is 2.44. The van der Waals surface area contributed by atoms with Crippen molar-refractivity contribution in [2.24, 2.45) is 0 Å². The summed E-state index contributed by atoms with van der Waals surface area (Å²) < 4.78 is 11.3. The molecule has 0 N–H and O–H groups in total. The third-order valence-electron chi connectivity index (χ3n) is 3.53. The highest BCUT2D eigenvalue weighted by Gasteiger charge is 2.18. The molecule has 20 heavy (non-hydrogen) atoms. The second-order valence-electron chi connectivity index (χ2n) is 5.04. The van der Waals surface area contributed by atoms with E-state index < -0.39 is 0 Å². The molecule has 0 radical (unpaired) electrons. The summed E-state index contributed by atoms with van der Waals surface area (Å²) in [5, 5.41) is 8.83. The molecule has 1 saturated heterocycles. The molecule has 1 aliphatic heterocycles. The molecule has 1 aromatic carbocycles. The van der Waals surface area contributed by atoms with Crippen LogP contribution in [-0.2, 0) is 4.74 Å². The van der Waals surface area contributed by atoms with E-state index in [4.69, 9.17) is 14.7 Å². The van der Waals surface area contributed by atoms with E-state index in [2.05, 4.69) is 17.9 Å². The molecule has 0 bridgehead atoms. The molecule has 108 valence electrons. The Hall–Kier alpha value is -1.57. The highest BCUT2D eigenvalue weighted by atomic mass is 16.5. The first-order valence-corrected chi connectivity index (χ1v) is 7.28. The third kappa shape index (κ3) is 4.52. The molecular weight excluding hydrogens is 252 g/mol. The minimum Gasteiger partial charge on any atom is -0.494 e. The van der Waals surface area contributed by atoms with Gasteiger partial charge in [-0.15, -0.1) is 0 Å². The van der Waals surface area contributed by atoms with Crippen molar-refractivity contribution in [3.63, 3.8) is 0 Å². The van der Waals surface area contributed by atoms with Gasteiger partial charge in [0, 0.05) is 19.6 Å². The van der Waals surface area contributed by atoms with Crippen LogP contribution in [0.1, 0.15) is 25.3 Å². The molecule has 4 heteroatoms. The second-order valence-corrected chi connectivity index (χ2v) is 5.04. The lowest BCUT2D eigenvalue weighted by Crippen LogP contribution is -2.42. The zero-order valence-electron chi connectivity index (χ0n) is 12.0. The highest BCUT2D eigenvalue weighted by Crippen LogP contribution is 2.13. The van der Waals surface area contributed by atoms with E-state index in [0.717, 1.165) is 44.8 Å². The molecule has 1 heterocycles. The number of benzene rings is 1. The molecule has 0 spiro atoms. The Balaban J connectivity index is 1.67. The summed E-state index contributed by atoms with van der Waals surface area (Å²) in [7, 11) is 0. The average Bonchev–Trinajstić information content (AvgIpc) is 2.52. The van der Waals surface area contributed by atoms with Crippen molar-refractivity contribution in [1.29, 1.82) is 5.26 Å². The fourth-order valence-electron chi connectivity index (χ4n) is 2.36. The van der Waals surface area contributed by atoms with Gasteiger partial charge in [-0.25, -0.2) is 0 Å². The number of hydrogen-bond donors (Lipinski definition) is 0. The predicted molar refractivity (Wildman–Crippen MR) is 77.7 cm³/mol. The summed E-state index contributed by atoms with van der Waals surface area (Å²) in [6.07, 6.45) is 2.46. The average molecular weight is 274 g/mol. The van der Waals surface area contributed by atoms with Crippen molar-refractivity contribution in [2.45, 2.75) is 25.9 Å². The van der Waals surface area contributed by atoms with Crippen molar-refractivity contribution in [2.75, 3.05) is 32.8 Å². The van der Waals surface area contributed by atoms with Crippen LogP contribution in [0.3, 0.4) is 0 Å². The Bertz CT molecular complexity index is 456. The van der Waals surface area contributed by atoms with E-state index in [-0.39, 0.29) is 0 Å². The minimum atomic E-state index is 0.386. The standard InChI is InChI=1S/C16H22N2O2/c1-2-15-13-18(8-10-20-15)7-4-9-19-16-6-3-5-14(11-16)12-17/h3,5-6,11,15H,2,4,7-10,13H2,1H3. The summed E-state index contributed by atoms with van der Waals surface area (Å²) in [6, 6.07) is 9.42. The zero-order chi connectivity index (χ0) is 14.2. The van der Waals surface area contributed by atoms with Crippen LogP contribution in [0.5, 0.6) is 5.75 Å². The zero-order valence-corrected chi connectivity index (χ0v) is 12.0.